The summed E-state index contributed by atoms with van der Waals surface area (Å²) in [6.07, 6.45) is 6.18. The zero-order valence-electron chi connectivity index (χ0n) is 10.6. The van der Waals surface area contributed by atoms with E-state index in [0.717, 1.165) is 25.2 Å². The first-order chi connectivity index (χ1) is 8.17. The van der Waals surface area contributed by atoms with Crippen molar-refractivity contribution in [2.45, 2.75) is 33.1 Å². The van der Waals surface area contributed by atoms with Gasteiger partial charge in [0.25, 0.3) is 0 Å². The van der Waals surface area contributed by atoms with Crippen LogP contribution in [0.25, 0.3) is 0 Å². The molecule has 3 heteroatoms. The van der Waals surface area contributed by atoms with Crippen molar-refractivity contribution in [1.29, 1.82) is 0 Å². The van der Waals surface area contributed by atoms with E-state index in [0.29, 0.717) is 11.0 Å². The molecule has 17 heavy (non-hydrogen) atoms. The van der Waals surface area contributed by atoms with Gasteiger partial charge in [0.2, 0.25) is 0 Å². The summed E-state index contributed by atoms with van der Waals surface area (Å²) in [6, 6.07) is 3.78. The SMILES string of the molecule is CCC1(C)CCN(c2ccc(C=O)cn2)CC1. The van der Waals surface area contributed by atoms with Gasteiger partial charge in [-0.2, -0.15) is 0 Å². The van der Waals surface area contributed by atoms with Crippen LogP contribution in [0.3, 0.4) is 0 Å². The third-order valence-electron chi connectivity index (χ3n) is 4.05. The van der Waals surface area contributed by atoms with Gasteiger partial charge >= 0.3 is 0 Å². The van der Waals surface area contributed by atoms with Gasteiger partial charge in [0.15, 0.2) is 6.29 Å². The molecule has 3 nitrogen and oxygen atoms in total. The fraction of sp³-hybridized carbons (Fsp3) is 0.571. The molecule has 1 aromatic heterocycles. The molecule has 0 N–H and O–H groups in total. The van der Waals surface area contributed by atoms with Crippen molar-refractivity contribution in [2.75, 3.05) is 18.0 Å². The van der Waals surface area contributed by atoms with Crippen molar-refractivity contribution >= 4 is 12.1 Å². The van der Waals surface area contributed by atoms with E-state index in [1.807, 2.05) is 12.1 Å². The molecule has 0 bridgehead atoms. The van der Waals surface area contributed by atoms with Crippen molar-refractivity contribution in [3.05, 3.63) is 23.9 Å². The molecule has 1 aliphatic rings. The molecule has 0 amide bonds. The molecule has 0 unspecified atom stereocenters. The second-order valence-corrected chi connectivity index (χ2v) is 5.22. The fourth-order valence-electron chi connectivity index (χ4n) is 2.28. The molecule has 0 aromatic carbocycles. The van der Waals surface area contributed by atoms with E-state index in [9.17, 15) is 4.79 Å². The number of anilines is 1. The standard InChI is InChI=1S/C14H20N2O/c1-3-14(2)6-8-16(9-7-14)13-5-4-12(11-17)10-15-13/h4-5,10-11H,3,6-9H2,1-2H3. The Labute approximate surface area is 103 Å². The maximum Gasteiger partial charge on any atom is 0.151 e. The Morgan fingerprint density at radius 3 is 2.59 bits per heavy atom. The van der Waals surface area contributed by atoms with E-state index < -0.39 is 0 Å². The van der Waals surface area contributed by atoms with Gasteiger partial charge in [-0.3, -0.25) is 4.79 Å². The number of pyridine rings is 1. The number of piperidine rings is 1. The number of aldehydes is 1. The van der Waals surface area contributed by atoms with Crippen LogP contribution in [0, 0.1) is 5.41 Å². The molecule has 0 radical (unpaired) electrons. The van der Waals surface area contributed by atoms with Crippen molar-refractivity contribution in [3.8, 4) is 0 Å². The van der Waals surface area contributed by atoms with E-state index in [2.05, 4.69) is 23.7 Å². The Kier molecular flexibility index (Phi) is 3.46. The molecule has 92 valence electrons. The number of carbonyl (C=O) groups is 1. The van der Waals surface area contributed by atoms with Crippen LogP contribution in [0.5, 0.6) is 0 Å². The van der Waals surface area contributed by atoms with Crippen molar-refractivity contribution in [1.82, 2.24) is 4.98 Å². The molecule has 1 saturated heterocycles. The molecule has 0 aliphatic carbocycles. The predicted molar refractivity (Wildman–Crippen MR) is 69.5 cm³/mol. The summed E-state index contributed by atoms with van der Waals surface area (Å²) < 4.78 is 0. The van der Waals surface area contributed by atoms with Gasteiger partial charge in [-0.1, -0.05) is 20.3 Å². The van der Waals surface area contributed by atoms with Gasteiger partial charge in [0.05, 0.1) is 0 Å². The number of nitrogens with zero attached hydrogens (tertiary/aromatic N) is 2. The lowest BCUT2D eigenvalue weighted by Crippen LogP contribution is -2.38. The lowest BCUT2D eigenvalue weighted by molar-refractivity contribution is 0.112. The number of hydrogen-bond donors (Lipinski definition) is 0. The minimum Gasteiger partial charge on any atom is -0.357 e. The fourth-order valence-corrected chi connectivity index (χ4v) is 2.28. The summed E-state index contributed by atoms with van der Waals surface area (Å²) in [5, 5.41) is 0. The summed E-state index contributed by atoms with van der Waals surface area (Å²) in [5.74, 6) is 0.994. The summed E-state index contributed by atoms with van der Waals surface area (Å²) in [6.45, 7) is 6.77. The van der Waals surface area contributed by atoms with Crippen LogP contribution in [0.15, 0.2) is 18.3 Å². The highest BCUT2D eigenvalue weighted by Gasteiger charge is 2.28. The zero-order valence-corrected chi connectivity index (χ0v) is 10.6. The Hall–Kier alpha value is -1.38. The predicted octanol–water partition coefficient (Wildman–Crippen LogP) is 2.91. The third-order valence-corrected chi connectivity index (χ3v) is 4.05. The van der Waals surface area contributed by atoms with E-state index >= 15 is 0 Å². The minimum atomic E-state index is 0.499. The molecule has 1 aromatic rings. The summed E-state index contributed by atoms with van der Waals surface area (Å²) in [7, 11) is 0. The average Bonchev–Trinajstić information content (AvgIpc) is 2.40. The summed E-state index contributed by atoms with van der Waals surface area (Å²) in [5.41, 5.74) is 1.14. The molecular formula is C14H20N2O. The Morgan fingerprint density at radius 1 is 1.41 bits per heavy atom. The lowest BCUT2D eigenvalue weighted by Gasteiger charge is -2.39. The van der Waals surface area contributed by atoms with Crippen LogP contribution < -0.4 is 4.90 Å². The van der Waals surface area contributed by atoms with Crippen molar-refractivity contribution < 1.29 is 4.79 Å². The molecule has 0 saturated carbocycles. The first-order valence-corrected chi connectivity index (χ1v) is 6.33. The lowest BCUT2D eigenvalue weighted by atomic mass is 9.78. The quantitative estimate of drug-likeness (QED) is 0.751. The number of hydrogen-bond acceptors (Lipinski definition) is 3. The first-order valence-electron chi connectivity index (χ1n) is 6.33. The Bertz CT molecular complexity index is 378. The van der Waals surface area contributed by atoms with Gasteiger partial charge < -0.3 is 4.90 Å². The highest BCUT2D eigenvalue weighted by molar-refractivity contribution is 5.74. The van der Waals surface area contributed by atoms with Gasteiger partial charge in [0, 0.05) is 24.8 Å². The van der Waals surface area contributed by atoms with E-state index in [4.69, 9.17) is 0 Å². The molecular weight excluding hydrogens is 212 g/mol. The van der Waals surface area contributed by atoms with Crippen LogP contribution in [-0.4, -0.2) is 24.4 Å². The summed E-state index contributed by atoms with van der Waals surface area (Å²) >= 11 is 0. The average molecular weight is 232 g/mol. The number of rotatable bonds is 3. The van der Waals surface area contributed by atoms with Gasteiger partial charge in [-0.15, -0.1) is 0 Å². The summed E-state index contributed by atoms with van der Waals surface area (Å²) in [4.78, 5) is 17.2. The van der Waals surface area contributed by atoms with Crippen molar-refractivity contribution in [3.63, 3.8) is 0 Å². The van der Waals surface area contributed by atoms with Gasteiger partial charge in [0.1, 0.15) is 5.82 Å². The highest BCUT2D eigenvalue weighted by atomic mass is 16.1. The normalized spacial score (nSPS) is 19.1. The Morgan fingerprint density at radius 2 is 2.12 bits per heavy atom. The van der Waals surface area contributed by atoms with Crippen molar-refractivity contribution in [2.24, 2.45) is 5.41 Å². The molecule has 1 aliphatic heterocycles. The van der Waals surface area contributed by atoms with Gasteiger partial charge in [-0.25, -0.2) is 4.98 Å². The van der Waals surface area contributed by atoms with E-state index in [-0.39, 0.29) is 0 Å². The highest BCUT2D eigenvalue weighted by Crippen LogP contribution is 2.35. The second kappa shape index (κ2) is 4.86. The monoisotopic (exact) mass is 232 g/mol. The molecule has 0 spiro atoms. The minimum absolute atomic E-state index is 0.499. The molecule has 1 fully saturated rings. The van der Waals surface area contributed by atoms with Crippen LogP contribution >= 0.6 is 0 Å². The smallest absolute Gasteiger partial charge is 0.151 e. The Balaban J connectivity index is 2.02. The van der Waals surface area contributed by atoms with Gasteiger partial charge in [-0.05, 0) is 30.4 Å². The van der Waals surface area contributed by atoms with Crippen LogP contribution in [0.2, 0.25) is 0 Å². The van der Waals surface area contributed by atoms with Crippen LogP contribution in [0.4, 0.5) is 5.82 Å². The van der Waals surface area contributed by atoms with Crippen LogP contribution in [-0.2, 0) is 0 Å². The molecule has 2 heterocycles. The molecule has 0 atom stereocenters. The zero-order chi connectivity index (χ0) is 12.3. The number of carbonyl (C=O) groups excluding carboxylic acids is 1. The topological polar surface area (TPSA) is 33.2 Å². The third kappa shape index (κ3) is 2.65. The molecule has 2 rings (SSSR count). The maximum atomic E-state index is 10.6. The van der Waals surface area contributed by atoms with E-state index in [1.54, 1.807) is 6.20 Å². The number of aromatic nitrogens is 1. The second-order valence-electron chi connectivity index (χ2n) is 5.22. The maximum absolute atomic E-state index is 10.6. The largest absolute Gasteiger partial charge is 0.357 e. The van der Waals surface area contributed by atoms with E-state index in [1.165, 1.54) is 19.3 Å². The first kappa shape index (κ1) is 12.1. The van der Waals surface area contributed by atoms with Crippen LogP contribution in [0.1, 0.15) is 43.5 Å².